The highest BCUT2D eigenvalue weighted by atomic mass is 32.2. The van der Waals surface area contributed by atoms with Crippen LogP contribution in [0.3, 0.4) is 0 Å². The summed E-state index contributed by atoms with van der Waals surface area (Å²) in [5.41, 5.74) is 2.81. The summed E-state index contributed by atoms with van der Waals surface area (Å²) in [6.45, 7) is 3.55. The molecule has 0 fully saturated rings. The lowest BCUT2D eigenvalue weighted by molar-refractivity contribution is -0.154. The Labute approximate surface area is 213 Å². The Morgan fingerprint density at radius 3 is 2.08 bits per heavy atom. The van der Waals surface area contributed by atoms with Crippen molar-refractivity contribution >= 4 is 16.0 Å². The maximum Gasteiger partial charge on any atom is 0.311 e. The van der Waals surface area contributed by atoms with Crippen molar-refractivity contribution in [3.8, 4) is 0 Å². The topological polar surface area (TPSA) is 102 Å². The van der Waals surface area contributed by atoms with Gasteiger partial charge in [0.05, 0.1) is 36.2 Å². The summed E-state index contributed by atoms with van der Waals surface area (Å²) in [6.07, 6.45) is -0.728. The average Bonchev–Trinajstić information content (AvgIpc) is 2.88. The fourth-order valence-corrected chi connectivity index (χ4v) is 4.75. The van der Waals surface area contributed by atoms with E-state index in [2.05, 4.69) is 4.72 Å². The minimum atomic E-state index is -3.83. The molecule has 2 N–H and O–H groups in total. The van der Waals surface area contributed by atoms with Crippen LogP contribution < -0.4 is 4.72 Å². The van der Waals surface area contributed by atoms with Crippen LogP contribution in [0.2, 0.25) is 0 Å². The standard InChI is InChI=1S/C28H33NO6S/c1-21-13-15-26(16-14-21)36(32,33)29-25(17-23-9-5-3-6-10-23)19-35-28(31)22(2)27(30)20-34-18-24-11-7-4-8-12-24/h3-16,22,25,27,29-30H,17-20H2,1-2H3/t22-,25-,27+/m0/s1. The predicted molar refractivity (Wildman–Crippen MR) is 138 cm³/mol. The van der Waals surface area contributed by atoms with E-state index < -0.39 is 34.1 Å². The van der Waals surface area contributed by atoms with Gasteiger partial charge in [0.15, 0.2) is 0 Å². The van der Waals surface area contributed by atoms with Crippen LogP contribution in [0.15, 0.2) is 89.8 Å². The second-order valence-electron chi connectivity index (χ2n) is 8.81. The maximum absolute atomic E-state index is 13.0. The molecular formula is C28H33NO6S. The van der Waals surface area contributed by atoms with Crippen LogP contribution in [0.1, 0.15) is 23.6 Å². The summed E-state index contributed by atoms with van der Waals surface area (Å²) < 4.78 is 39.6. The van der Waals surface area contributed by atoms with Gasteiger partial charge in [-0.25, -0.2) is 13.1 Å². The van der Waals surface area contributed by atoms with Gasteiger partial charge >= 0.3 is 5.97 Å². The molecule has 3 aromatic carbocycles. The van der Waals surface area contributed by atoms with E-state index in [-0.39, 0.29) is 18.1 Å². The molecule has 3 atom stereocenters. The Kier molecular flexibility index (Phi) is 10.2. The zero-order valence-electron chi connectivity index (χ0n) is 20.5. The highest BCUT2D eigenvalue weighted by molar-refractivity contribution is 7.89. The summed E-state index contributed by atoms with van der Waals surface area (Å²) >= 11 is 0. The Hall–Kier alpha value is -3.04. The smallest absolute Gasteiger partial charge is 0.311 e. The van der Waals surface area contributed by atoms with Gasteiger partial charge in [0.25, 0.3) is 0 Å². The van der Waals surface area contributed by atoms with Crippen molar-refractivity contribution < 1.29 is 27.8 Å². The number of hydrogen-bond acceptors (Lipinski definition) is 6. The van der Waals surface area contributed by atoms with E-state index in [9.17, 15) is 18.3 Å². The van der Waals surface area contributed by atoms with E-state index in [0.717, 1.165) is 16.7 Å². The normalized spacial score (nSPS) is 14.1. The predicted octanol–water partition coefficient (Wildman–Crippen LogP) is 3.64. The largest absolute Gasteiger partial charge is 0.464 e. The van der Waals surface area contributed by atoms with Crippen LogP contribution in [0.5, 0.6) is 0 Å². The van der Waals surface area contributed by atoms with Crippen molar-refractivity contribution in [1.29, 1.82) is 0 Å². The fourth-order valence-electron chi connectivity index (χ4n) is 3.53. The van der Waals surface area contributed by atoms with Crippen LogP contribution in [0, 0.1) is 12.8 Å². The third kappa shape index (κ3) is 8.57. The average molecular weight is 512 g/mol. The van der Waals surface area contributed by atoms with E-state index >= 15 is 0 Å². The number of carbonyl (C=O) groups is 1. The molecule has 192 valence electrons. The van der Waals surface area contributed by atoms with Gasteiger partial charge < -0.3 is 14.6 Å². The lowest BCUT2D eigenvalue weighted by Crippen LogP contribution is -2.41. The third-order valence-corrected chi connectivity index (χ3v) is 7.29. The Bertz CT molecular complexity index is 1180. The second kappa shape index (κ2) is 13.3. The van der Waals surface area contributed by atoms with Crippen LogP contribution in [0.25, 0.3) is 0 Å². The molecule has 0 amide bonds. The molecule has 36 heavy (non-hydrogen) atoms. The molecule has 0 radical (unpaired) electrons. The van der Waals surface area contributed by atoms with E-state index in [4.69, 9.17) is 9.47 Å². The molecule has 0 aliphatic carbocycles. The molecule has 0 aromatic heterocycles. The molecule has 0 spiro atoms. The lowest BCUT2D eigenvalue weighted by atomic mass is 10.1. The Balaban J connectivity index is 1.59. The van der Waals surface area contributed by atoms with Gasteiger partial charge in [0.1, 0.15) is 6.61 Å². The number of benzene rings is 3. The lowest BCUT2D eigenvalue weighted by Gasteiger charge is -2.22. The van der Waals surface area contributed by atoms with Gasteiger partial charge in [-0.2, -0.15) is 0 Å². The van der Waals surface area contributed by atoms with Crippen LogP contribution in [-0.4, -0.2) is 44.9 Å². The van der Waals surface area contributed by atoms with Gasteiger partial charge in [-0.3, -0.25) is 4.79 Å². The number of rotatable bonds is 13. The summed E-state index contributed by atoms with van der Waals surface area (Å²) in [7, 11) is -3.83. The zero-order chi connectivity index (χ0) is 26.0. The van der Waals surface area contributed by atoms with Crippen molar-refractivity contribution in [3.63, 3.8) is 0 Å². The molecule has 0 bridgehead atoms. The molecule has 3 aromatic rings. The van der Waals surface area contributed by atoms with Crippen LogP contribution >= 0.6 is 0 Å². The molecule has 0 unspecified atom stereocenters. The van der Waals surface area contributed by atoms with Gasteiger partial charge in [0.2, 0.25) is 10.0 Å². The first-order chi connectivity index (χ1) is 17.2. The number of nitrogens with one attached hydrogen (secondary N) is 1. The maximum atomic E-state index is 13.0. The minimum absolute atomic E-state index is 0.0291. The Morgan fingerprint density at radius 2 is 1.47 bits per heavy atom. The van der Waals surface area contributed by atoms with E-state index in [0.29, 0.717) is 13.0 Å². The number of carbonyl (C=O) groups excluding carboxylic acids is 1. The number of sulfonamides is 1. The summed E-state index contributed by atoms with van der Waals surface area (Å²) in [5, 5.41) is 10.4. The van der Waals surface area contributed by atoms with E-state index in [1.165, 1.54) is 12.1 Å². The summed E-state index contributed by atoms with van der Waals surface area (Å²) in [4.78, 5) is 12.8. The van der Waals surface area contributed by atoms with Crippen molar-refractivity contribution in [1.82, 2.24) is 4.72 Å². The molecule has 0 saturated heterocycles. The molecule has 0 aliphatic rings. The first-order valence-electron chi connectivity index (χ1n) is 11.8. The summed E-state index contributed by atoms with van der Waals surface area (Å²) in [5.74, 6) is -1.47. The SMILES string of the molecule is Cc1ccc(S(=O)(=O)N[C@H](COC(=O)[C@@H](C)[C@H](O)COCc2ccccc2)Cc2ccccc2)cc1. The molecule has 0 heterocycles. The van der Waals surface area contributed by atoms with Crippen LogP contribution in [-0.2, 0) is 37.3 Å². The zero-order valence-corrected chi connectivity index (χ0v) is 21.4. The van der Waals surface area contributed by atoms with E-state index in [1.807, 2.05) is 67.6 Å². The third-order valence-electron chi connectivity index (χ3n) is 5.75. The Morgan fingerprint density at radius 1 is 0.889 bits per heavy atom. The van der Waals surface area contributed by atoms with Gasteiger partial charge in [0, 0.05) is 0 Å². The molecule has 0 saturated carbocycles. The number of ether oxygens (including phenoxy) is 2. The first-order valence-corrected chi connectivity index (χ1v) is 13.3. The number of aliphatic hydroxyl groups excluding tert-OH is 1. The van der Waals surface area contributed by atoms with E-state index in [1.54, 1.807) is 19.1 Å². The minimum Gasteiger partial charge on any atom is -0.464 e. The molecule has 0 aliphatic heterocycles. The van der Waals surface area contributed by atoms with Gasteiger partial charge in [-0.1, -0.05) is 78.4 Å². The molecule has 8 heteroatoms. The van der Waals surface area contributed by atoms with Gasteiger partial charge in [-0.05, 0) is 43.5 Å². The first kappa shape index (κ1) is 27.5. The van der Waals surface area contributed by atoms with Crippen molar-refractivity contribution in [3.05, 3.63) is 102 Å². The highest BCUT2D eigenvalue weighted by Gasteiger charge is 2.26. The summed E-state index contributed by atoms with van der Waals surface area (Å²) in [6, 6.07) is 24.7. The highest BCUT2D eigenvalue weighted by Crippen LogP contribution is 2.14. The monoisotopic (exact) mass is 511 g/mol. The van der Waals surface area contributed by atoms with Crippen molar-refractivity contribution in [2.24, 2.45) is 5.92 Å². The van der Waals surface area contributed by atoms with Crippen molar-refractivity contribution in [2.45, 2.75) is 43.9 Å². The second-order valence-corrected chi connectivity index (χ2v) is 10.5. The fraction of sp³-hybridized carbons (Fsp3) is 0.321. The van der Waals surface area contributed by atoms with Crippen LogP contribution in [0.4, 0.5) is 0 Å². The number of aliphatic hydroxyl groups is 1. The molecular weight excluding hydrogens is 478 g/mol. The molecule has 3 rings (SSSR count). The number of hydrogen-bond donors (Lipinski definition) is 2. The number of esters is 1. The number of aryl methyl sites for hydroxylation is 1. The quantitative estimate of drug-likeness (QED) is 0.340. The van der Waals surface area contributed by atoms with Gasteiger partial charge in [-0.15, -0.1) is 0 Å². The van der Waals surface area contributed by atoms with Crippen molar-refractivity contribution in [2.75, 3.05) is 13.2 Å². The molecule has 7 nitrogen and oxygen atoms in total.